The smallest absolute Gasteiger partial charge is 0.334 e. The summed E-state index contributed by atoms with van der Waals surface area (Å²) in [5, 5.41) is 26.1. The van der Waals surface area contributed by atoms with E-state index < -0.39 is 50.0 Å². The van der Waals surface area contributed by atoms with Gasteiger partial charge in [0.25, 0.3) is 0 Å². The molecule has 0 aromatic heterocycles. The first kappa shape index (κ1) is 15.8. The van der Waals surface area contributed by atoms with Crippen molar-refractivity contribution in [3.05, 3.63) is 0 Å². The summed E-state index contributed by atoms with van der Waals surface area (Å²) in [7, 11) is 0. The zero-order chi connectivity index (χ0) is 13.4. The third-order valence-electron chi connectivity index (χ3n) is 1.68. The standard InChI is InChI=1S/C9H17NO7/c1-5(12)8(14)17-4-7(10)9(15)16-3-6(13)2-11/h5-7,11-13H,2-4,10H2,1H3/t5?,6?,7-/m0/s1. The molecule has 8 heteroatoms. The number of aliphatic hydroxyl groups excluding tert-OH is 3. The van der Waals surface area contributed by atoms with Crippen molar-refractivity contribution in [3.8, 4) is 0 Å². The van der Waals surface area contributed by atoms with Crippen LogP contribution in [0.3, 0.4) is 0 Å². The van der Waals surface area contributed by atoms with Crippen LogP contribution >= 0.6 is 0 Å². The van der Waals surface area contributed by atoms with E-state index in [1.54, 1.807) is 0 Å². The Morgan fingerprint density at radius 1 is 1.18 bits per heavy atom. The fourth-order valence-corrected chi connectivity index (χ4v) is 0.699. The lowest BCUT2D eigenvalue weighted by atomic mass is 10.3. The molecule has 0 saturated carbocycles. The molecular weight excluding hydrogens is 234 g/mol. The van der Waals surface area contributed by atoms with E-state index in [9.17, 15) is 9.59 Å². The second-order valence-corrected chi connectivity index (χ2v) is 3.38. The largest absolute Gasteiger partial charge is 0.462 e. The van der Waals surface area contributed by atoms with Crippen LogP contribution in [0.5, 0.6) is 0 Å². The summed E-state index contributed by atoms with van der Waals surface area (Å²) in [5.74, 6) is -1.78. The molecule has 0 aliphatic rings. The van der Waals surface area contributed by atoms with Crippen LogP contribution < -0.4 is 5.73 Å². The van der Waals surface area contributed by atoms with Crippen molar-refractivity contribution in [2.75, 3.05) is 19.8 Å². The molecule has 100 valence electrons. The lowest BCUT2D eigenvalue weighted by Crippen LogP contribution is -2.39. The highest BCUT2D eigenvalue weighted by atomic mass is 16.6. The Hall–Kier alpha value is -1.22. The van der Waals surface area contributed by atoms with Gasteiger partial charge in [0.15, 0.2) is 0 Å². The number of hydrogen-bond donors (Lipinski definition) is 4. The van der Waals surface area contributed by atoms with E-state index in [2.05, 4.69) is 9.47 Å². The van der Waals surface area contributed by atoms with Gasteiger partial charge in [0.2, 0.25) is 0 Å². The van der Waals surface area contributed by atoms with Gasteiger partial charge in [0.1, 0.15) is 31.5 Å². The number of nitrogens with two attached hydrogens (primary N) is 1. The van der Waals surface area contributed by atoms with Gasteiger partial charge >= 0.3 is 11.9 Å². The summed E-state index contributed by atoms with van der Waals surface area (Å²) in [6.45, 7) is -0.158. The zero-order valence-corrected chi connectivity index (χ0v) is 9.41. The summed E-state index contributed by atoms with van der Waals surface area (Å²) >= 11 is 0. The van der Waals surface area contributed by atoms with Crippen molar-refractivity contribution >= 4 is 11.9 Å². The Morgan fingerprint density at radius 3 is 2.18 bits per heavy atom. The lowest BCUT2D eigenvalue weighted by molar-refractivity contribution is -0.157. The van der Waals surface area contributed by atoms with E-state index in [1.165, 1.54) is 6.92 Å². The van der Waals surface area contributed by atoms with Crippen molar-refractivity contribution in [1.82, 2.24) is 0 Å². The predicted octanol–water partition coefficient (Wildman–Crippen LogP) is -2.87. The van der Waals surface area contributed by atoms with Crippen LogP contribution in [0.1, 0.15) is 6.92 Å². The number of carbonyl (C=O) groups excluding carboxylic acids is 2. The maximum Gasteiger partial charge on any atom is 0.334 e. The molecule has 0 fully saturated rings. The number of carbonyl (C=O) groups is 2. The number of rotatable bonds is 7. The number of ether oxygens (including phenoxy) is 2. The van der Waals surface area contributed by atoms with Gasteiger partial charge in [-0.15, -0.1) is 0 Å². The Morgan fingerprint density at radius 2 is 1.71 bits per heavy atom. The highest BCUT2D eigenvalue weighted by Crippen LogP contribution is 1.93. The quantitative estimate of drug-likeness (QED) is 0.354. The topological polar surface area (TPSA) is 139 Å². The van der Waals surface area contributed by atoms with Crippen LogP contribution in [0.15, 0.2) is 0 Å². The van der Waals surface area contributed by atoms with Gasteiger partial charge in [0, 0.05) is 0 Å². The fourth-order valence-electron chi connectivity index (χ4n) is 0.699. The van der Waals surface area contributed by atoms with E-state index in [4.69, 9.17) is 21.1 Å². The summed E-state index contributed by atoms with van der Waals surface area (Å²) in [6.07, 6.45) is -2.47. The van der Waals surface area contributed by atoms with Crippen LogP contribution in [0.25, 0.3) is 0 Å². The third-order valence-corrected chi connectivity index (χ3v) is 1.68. The molecule has 0 aromatic rings. The summed E-state index contributed by atoms with van der Waals surface area (Å²) in [5.41, 5.74) is 5.32. The van der Waals surface area contributed by atoms with Crippen LogP contribution in [0.4, 0.5) is 0 Å². The van der Waals surface area contributed by atoms with Crippen LogP contribution in [0, 0.1) is 0 Å². The Labute approximate surface area is 97.9 Å². The minimum Gasteiger partial charge on any atom is -0.462 e. The highest BCUT2D eigenvalue weighted by Gasteiger charge is 2.20. The fraction of sp³-hybridized carbons (Fsp3) is 0.778. The highest BCUT2D eigenvalue weighted by molar-refractivity contribution is 5.77. The van der Waals surface area contributed by atoms with Crippen LogP contribution in [-0.2, 0) is 19.1 Å². The van der Waals surface area contributed by atoms with Gasteiger partial charge in [-0.05, 0) is 6.92 Å². The van der Waals surface area contributed by atoms with Gasteiger partial charge in [-0.3, -0.25) is 4.79 Å². The van der Waals surface area contributed by atoms with E-state index >= 15 is 0 Å². The molecule has 3 atom stereocenters. The first-order valence-electron chi connectivity index (χ1n) is 4.94. The molecule has 0 aliphatic carbocycles. The average molecular weight is 251 g/mol. The molecule has 0 heterocycles. The molecular formula is C9H17NO7. The van der Waals surface area contributed by atoms with E-state index in [0.29, 0.717) is 0 Å². The Bertz CT molecular complexity index is 256. The Balaban J connectivity index is 3.86. The van der Waals surface area contributed by atoms with Crippen LogP contribution in [0.2, 0.25) is 0 Å². The average Bonchev–Trinajstić information content (AvgIpc) is 2.31. The molecule has 0 spiro atoms. The second kappa shape index (κ2) is 7.96. The molecule has 0 bridgehead atoms. The van der Waals surface area contributed by atoms with Crippen LogP contribution in [-0.4, -0.2) is 65.3 Å². The van der Waals surface area contributed by atoms with E-state index in [1.807, 2.05) is 0 Å². The molecule has 2 unspecified atom stereocenters. The number of aliphatic hydroxyl groups is 3. The molecule has 0 amide bonds. The second-order valence-electron chi connectivity index (χ2n) is 3.38. The maximum atomic E-state index is 11.2. The van der Waals surface area contributed by atoms with Gasteiger partial charge in [-0.1, -0.05) is 0 Å². The van der Waals surface area contributed by atoms with Crippen molar-refractivity contribution in [2.24, 2.45) is 5.73 Å². The monoisotopic (exact) mass is 251 g/mol. The van der Waals surface area contributed by atoms with Gasteiger partial charge < -0.3 is 30.5 Å². The predicted molar refractivity (Wildman–Crippen MR) is 54.7 cm³/mol. The first-order chi connectivity index (χ1) is 7.88. The molecule has 17 heavy (non-hydrogen) atoms. The molecule has 8 nitrogen and oxygen atoms in total. The van der Waals surface area contributed by atoms with Crippen molar-refractivity contribution in [3.63, 3.8) is 0 Å². The number of hydrogen-bond acceptors (Lipinski definition) is 8. The normalized spacial score (nSPS) is 15.8. The minimum atomic E-state index is -1.30. The Kier molecular flexibility index (Phi) is 7.39. The van der Waals surface area contributed by atoms with E-state index in [-0.39, 0.29) is 0 Å². The van der Waals surface area contributed by atoms with Crippen molar-refractivity contribution in [2.45, 2.75) is 25.2 Å². The molecule has 0 rings (SSSR count). The van der Waals surface area contributed by atoms with E-state index in [0.717, 1.165) is 0 Å². The summed E-state index contributed by atoms with van der Waals surface area (Å²) < 4.78 is 9.01. The zero-order valence-electron chi connectivity index (χ0n) is 9.41. The molecule has 5 N–H and O–H groups in total. The minimum absolute atomic E-state index is 0.395. The maximum absolute atomic E-state index is 11.2. The molecule has 0 radical (unpaired) electrons. The molecule has 0 aromatic carbocycles. The SMILES string of the molecule is CC(O)C(=O)OC[C@H](N)C(=O)OCC(O)CO. The van der Waals surface area contributed by atoms with Gasteiger partial charge in [-0.25, -0.2) is 4.79 Å². The van der Waals surface area contributed by atoms with Gasteiger partial charge in [0.05, 0.1) is 6.61 Å². The number of esters is 2. The van der Waals surface area contributed by atoms with Crippen molar-refractivity contribution < 1.29 is 34.4 Å². The third kappa shape index (κ3) is 6.84. The molecule has 0 saturated heterocycles. The summed E-state index contributed by atoms with van der Waals surface area (Å²) in [6, 6.07) is -1.21. The lowest BCUT2D eigenvalue weighted by Gasteiger charge is -2.14. The summed E-state index contributed by atoms with van der Waals surface area (Å²) in [4.78, 5) is 22.0. The van der Waals surface area contributed by atoms with Gasteiger partial charge in [-0.2, -0.15) is 0 Å². The van der Waals surface area contributed by atoms with Crippen molar-refractivity contribution in [1.29, 1.82) is 0 Å². The molecule has 0 aliphatic heterocycles. The first-order valence-corrected chi connectivity index (χ1v) is 4.94.